The first-order valence-electron chi connectivity index (χ1n) is 7.76. The molecule has 4 nitrogen and oxygen atoms in total. The minimum atomic E-state index is 0.104. The van der Waals surface area contributed by atoms with E-state index in [1.807, 2.05) is 0 Å². The first-order valence-corrected chi connectivity index (χ1v) is 7.76. The second kappa shape index (κ2) is 5.76. The zero-order valence-corrected chi connectivity index (χ0v) is 13.6. The fraction of sp³-hybridized carbons (Fsp3) is 0.812. The molecule has 0 bridgehead atoms. The molecule has 2 heterocycles. The number of aromatic nitrogens is 1. The van der Waals surface area contributed by atoms with Crippen LogP contribution in [0.2, 0.25) is 0 Å². The minimum absolute atomic E-state index is 0.104. The summed E-state index contributed by atoms with van der Waals surface area (Å²) in [5.74, 6) is 0. The smallest absolute Gasteiger partial charge is 0.297 e. The number of hydrogen-bond donors (Lipinski definition) is 1. The topological polar surface area (TPSA) is 41.3 Å². The monoisotopic (exact) mass is 279 g/mol. The van der Waals surface area contributed by atoms with Crippen molar-refractivity contribution in [2.75, 3.05) is 18.0 Å². The van der Waals surface area contributed by atoms with Crippen molar-refractivity contribution >= 4 is 6.01 Å². The van der Waals surface area contributed by atoms with Crippen LogP contribution in [0.15, 0.2) is 10.7 Å². The summed E-state index contributed by atoms with van der Waals surface area (Å²) >= 11 is 0. The second-order valence-corrected chi connectivity index (χ2v) is 7.38. The van der Waals surface area contributed by atoms with E-state index in [-0.39, 0.29) is 5.54 Å². The van der Waals surface area contributed by atoms with E-state index in [2.05, 4.69) is 49.8 Å². The molecule has 1 aromatic heterocycles. The highest BCUT2D eigenvalue weighted by atomic mass is 16.4. The van der Waals surface area contributed by atoms with Crippen molar-refractivity contribution in [3.05, 3.63) is 12.0 Å². The molecule has 1 N–H and O–H groups in total. The highest BCUT2D eigenvalue weighted by molar-refractivity contribution is 5.28. The molecule has 0 saturated carbocycles. The van der Waals surface area contributed by atoms with E-state index in [1.165, 1.54) is 19.3 Å². The van der Waals surface area contributed by atoms with E-state index in [1.54, 1.807) is 6.26 Å². The number of oxazole rings is 1. The number of anilines is 1. The van der Waals surface area contributed by atoms with Gasteiger partial charge in [-0.05, 0) is 39.0 Å². The fourth-order valence-corrected chi connectivity index (χ4v) is 2.47. The van der Waals surface area contributed by atoms with Crippen LogP contribution in [0.1, 0.15) is 59.6 Å². The lowest BCUT2D eigenvalue weighted by atomic mass is 9.78. The molecular formula is C16H29N3O. The Morgan fingerprint density at radius 1 is 1.35 bits per heavy atom. The van der Waals surface area contributed by atoms with E-state index >= 15 is 0 Å². The predicted octanol–water partition coefficient (Wildman–Crippen LogP) is 3.58. The van der Waals surface area contributed by atoms with E-state index in [0.29, 0.717) is 5.41 Å². The van der Waals surface area contributed by atoms with Crippen molar-refractivity contribution in [2.24, 2.45) is 5.41 Å². The van der Waals surface area contributed by atoms with Crippen molar-refractivity contribution < 1.29 is 4.42 Å². The van der Waals surface area contributed by atoms with Crippen LogP contribution in [0.5, 0.6) is 0 Å². The van der Waals surface area contributed by atoms with E-state index in [0.717, 1.165) is 31.3 Å². The standard InChI is InChI=1S/C16H29N3O/c1-6-16(5)7-9-19(10-8-16)14-18-13(12-20-14)11-17-15(2,3)4/h12,17H,6-11H2,1-5H3. The quantitative estimate of drug-likeness (QED) is 0.914. The Balaban J connectivity index is 1.90. The van der Waals surface area contributed by atoms with Gasteiger partial charge in [-0.15, -0.1) is 0 Å². The molecular weight excluding hydrogens is 250 g/mol. The molecule has 2 rings (SSSR count). The highest BCUT2D eigenvalue weighted by Crippen LogP contribution is 2.35. The maximum absolute atomic E-state index is 5.65. The van der Waals surface area contributed by atoms with Gasteiger partial charge in [0.25, 0.3) is 6.01 Å². The number of hydrogen-bond acceptors (Lipinski definition) is 4. The molecule has 1 fully saturated rings. The van der Waals surface area contributed by atoms with Gasteiger partial charge in [-0.2, -0.15) is 4.98 Å². The van der Waals surface area contributed by atoms with Crippen LogP contribution in [0.25, 0.3) is 0 Å². The lowest BCUT2D eigenvalue weighted by Crippen LogP contribution is -2.38. The summed E-state index contributed by atoms with van der Waals surface area (Å²) in [6.45, 7) is 14.0. The molecule has 0 spiro atoms. The summed E-state index contributed by atoms with van der Waals surface area (Å²) < 4.78 is 5.65. The fourth-order valence-electron chi connectivity index (χ4n) is 2.47. The van der Waals surface area contributed by atoms with E-state index in [9.17, 15) is 0 Å². The molecule has 114 valence electrons. The molecule has 20 heavy (non-hydrogen) atoms. The predicted molar refractivity (Wildman–Crippen MR) is 82.9 cm³/mol. The van der Waals surface area contributed by atoms with Gasteiger partial charge >= 0.3 is 0 Å². The van der Waals surface area contributed by atoms with Gasteiger partial charge in [0.2, 0.25) is 0 Å². The van der Waals surface area contributed by atoms with Gasteiger partial charge in [-0.25, -0.2) is 0 Å². The van der Waals surface area contributed by atoms with Gasteiger partial charge in [0.05, 0.1) is 5.69 Å². The van der Waals surface area contributed by atoms with Gasteiger partial charge in [0.15, 0.2) is 0 Å². The second-order valence-electron chi connectivity index (χ2n) is 7.38. The van der Waals surface area contributed by atoms with Crippen molar-refractivity contribution in [1.82, 2.24) is 10.3 Å². The zero-order chi connectivity index (χ0) is 14.8. The van der Waals surface area contributed by atoms with Crippen molar-refractivity contribution in [3.8, 4) is 0 Å². The van der Waals surface area contributed by atoms with Crippen LogP contribution in [-0.4, -0.2) is 23.6 Å². The van der Waals surface area contributed by atoms with Gasteiger partial charge in [0, 0.05) is 25.2 Å². The summed E-state index contributed by atoms with van der Waals surface area (Å²) in [6, 6.07) is 0.786. The number of nitrogens with one attached hydrogen (secondary N) is 1. The van der Waals surface area contributed by atoms with Gasteiger partial charge in [-0.1, -0.05) is 20.3 Å². The maximum Gasteiger partial charge on any atom is 0.297 e. The van der Waals surface area contributed by atoms with Crippen molar-refractivity contribution in [2.45, 2.75) is 66.0 Å². The first-order chi connectivity index (χ1) is 9.31. The molecule has 0 radical (unpaired) electrons. The molecule has 0 amide bonds. The molecule has 1 aromatic rings. The summed E-state index contributed by atoms with van der Waals surface area (Å²) in [5.41, 5.74) is 1.59. The van der Waals surface area contributed by atoms with Gasteiger partial charge < -0.3 is 14.6 Å². The normalized spacial score (nSPS) is 19.4. The Kier molecular flexibility index (Phi) is 4.43. The lowest BCUT2D eigenvalue weighted by Gasteiger charge is -2.38. The van der Waals surface area contributed by atoms with Crippen molar-refractivity contribution in [3.63, 3.8) is 0 Å². The average Bonchev–Trinajstić information content (AvgIpc) is 2.85. The summed E-state index contributed by atoms with van der Waals surface area (Å²) in [4.78, 5) is 6.88. The SMILES string of the molecule is CCC1(C)CCN(c2nc(CNC(C)(C)C)co2)CC1. The molecule has 4 heteroatoms. The van der Waals surface area contributed by atoms with Crippen LogP contribution in [-0.2, 0) is 6.54 Å². The third-order valence-electron chi connectivity index (χ3n) is 4.43. The van der Waals surface area contributed by atoms with Crippen LogP contribution in [0, 0.1) is 5.41 Å². The van der Waals surface area contributed by atoms with Crippen LogP contribution >= 0.6 is 0 Å². The van der Waals surface area contributed by atoms with Crippen LogP contribution in [0.4, 0.5) is 6.01 Å². The number of rotatable bonds is 4. The van der Waals surface area contributed by atoms with Crippen molar-refractivity contribution in [1.29, 1.82) is 0 Å². The highest BCUT2D eigenvalue weighted by Gasteiger charge is 2.29. The Morgan fingerprint density at radius 3 is 2.55 bits per heavy atom. The molecule has 0 unspecified atom stereocenters. The van der Waals surface area contributed by atoms with Crippen LogP contribution in [0.3, 0.4) is 0 Å². The third kappa shape index (κ3) is 3.98. The zero-order valence-electron chi connectivity index (χ0n) is 13.6. The van der Waals surface area contributed by atoms with Crippen LogP contribution < -0.4 is 10.2 Å². The van der Waals surface area contributed by atoms with Gasteiger partial charge in [0.1, 0.15) is 6.26 Å². The molecule has 1 aliphatic heterocycles. The Hall–Kier alpha value is -1.03. The average molecular weight is 279 g/mol. The maximum atomic E-state index is 5.65. The minimum Gasteiger partial charge on any atom is -0.432 e. The summed E-state index contributed by atoms with van der Waals surface area (Å²) in [5, 5.41) is 3.44. The number of nitrogens with zero attached hydrogens (tertiary/aromatic N) is 2. The first kappa shape index (κ1) is 15.4. The summed E-state index contributed by atoms with van der Waals surface area (Å²) in [7, 11) is 0. The molecule has 0 aliphatic carbocycles. The Morgan fingerprint density at radius 2 is 2.00 bits per heavy atom. The van der Waals surface area contributed by atoms with Gasteiger partial charge in [-0.3, -0.25) is 0 Å². The molecule has 1 aliphatic rings. The third-order valence-corrected chi connectivity index (χ3v) is 4.43. The number of piperidine rings is 1. The largest absolute Gasteiger partial charge is 0.432 e. The Bertz CT molecular complexity index is 425. The lowest BCUT2D eigenvalue weighted by molar-refractivity contribution is 0.233. The molecule has 0 aromatic carbocycles. The molecule has 1 saturated heterocycles. The summed E-state index contributed by atoms with van der Waals surface area (Å²) in [6.07, 6.45) is 5.48. The van der Waals surface area contributed by atoms with E-state index in [4.69, 9.17) is 4.42 Å². The van der Waals surface area contributed by atoms with E-state index < -0.39 is 0 Å². The Labute approximate surface area is 122 Å². The molecule has 0 atom stereocenters.